The van der Waals surface area contributed by atoms with Gasteiger partial charge in [-0.2, -0.15) is 0 Å². The van der Waals surface area contributed by atoms with E-state index >= 15 is 0 Å². The molecule has 5 rings (SSSR count). The Bertz CT molecular complexity index is 1340. The molecule has 0 bridgehead atoms. The van der Waals surface area contributed by atoms with E-state index in [9.17, 15) is 0 Å². The van der Waals surface area contributed by atoms with Gasteiger partial charge >= 0.3 is 0 Å². The monoisotopic (exact) mass is 401 g/mol. The van der Waals surface area contributed by atoms with Gasteiger partial charge in [-0.15, -0.1) is 0 Å². The van der Waals surface area contributed by atoms with Gasteiger partial charge in [0.25, 0.3) is 11.8 Å². The Morgan fingerprint density at radius 3 is 1.60 bits per heavy atom. The number of hydrogen-bond donors (Lipinski definition) is 0. The van der Waals surface area contributed by atoms with Crippen molar-refractivity contribution in [3.8, 4) is 23.3 Å². The normalized spacial score (nSPS) is 11.3. The second kappa shape index (κ2) is 6.88. The van der Waals surface area contributed by atoms with E-state index in [1.54, 1.807) is 28.4 Å². The largest absolute Gasteiger partial charge is 0.491 e. The summed E-state index contributed by atoms with van der Waals surface area (Å²) in [4.78, 5) is 14.4. The van der Waals surface area contributed by atoms with Crippen molar-refractivity contribution in [2.24, 2.45) is 0 Å². The summed E-state index contributed by atoms with van der Waals surface area (Å²) in [7, 11) is 6.31. The van der Waals surface area contributed by atoms with Crippen molar-refractivity contribution in [1.82, 2.24) is 15.0 Å². The predicted molar refractivity (Wildman–Crippen MR) is 116 cm³/mol. The van der Waals surface area contributed by atoms with Gasteiger partial charge in [0.05, 0.1) is 50.5 Å². The molecule has 0 aliphatic heterocycles. The molecule has 0 spiro atoms. The summed E-state index contributed by atoms with van der Waals surface area (Å²) >= 11 is 0. The molecule has 30 heavy (non-hydrogen) atoms. The Kier molecular flexibility index (Phi) is 4.17. The van der Waals surface area contributed by atoms with Crippen LogP contribution in [0.15, 0.2) is 42.5 Å². The van der Waals surface area contributed by atoms with E-state index in [-0.39, 0.29) is 0 Å². The molecular formula is C23H19N3O4. The summed E-state index contributed by atoms with van der Waals surface area (Å²) in [5, 5.41) is 3.57. The SMILES string of the molecule is COc1cc2c(nc1OC)c1cc(OC)c(OC)nc1c1cc3ccccc3nc21. The molecule has 2 aromatic carbocycles. The van der Waals surface area contributed by atoms with E-state index in [4.69, 9.17) is 33.9 Å². The van der Waals surface area contributed by atoms with Crippen molar-refractivity contribution in [2.75, 3.05) is 28.4 Å². The molecule has 7 heteroatoms. The number of methoxy groups -OCH3 is 4. The number of nitrogens with zero attached hydrogens (tertiary/aromatic N) is 3. The first-order chi connectivity index (χ1) is 14.7. The number of pyridine rings is 3. The number of fused-ring (bicyclic) bond motifs is 7. The van der Waals surface area contributed by atoms with Gasteiger partial charge in [-0.1, -0.05) is 18.2 Å². The van der Waals surface area contributed by atoms with Gasteiger partial charge in [0.2, 0.25) is 0 Å². The molecule has 0 atom stereocenters. The van der Waals surface area contributed by atoms with Crippen LogP contribution in [0.25, 0.3) is 43.6 Å². The maximum Gasteiger partial charge on any atom is 0.257 e. The van der Waals surface area contributed by atoms with Crippen molar-refractivity contribution in [1.29, 1.82) is 0 Å². The van der Waals surface area contributed by atoms with E-state index < -0.39 is 0 Å². The molecule has 0 amide bonds. The van der Waals surface area contributed by atoms with Crippen LogP contribution in [0.4, 0.5) is 0 Å². The van der Waals surface area contributed by atoms with Gasteiger partial charge in [-0.05, 0) is 24.3 Å². The van der Waals surface area contributed by atoms with Crippen LogP contribution in [0.1, 0.15) is 0 Å². The maximum atomic E-state index is 5.50. The lowest BCUT2D eigenvalue weighted by Gasteiger charge is -2.15. The van der Waals surface area contributed by atoms with Gasteiger partial charge in [-0.25, -0.2) is 15.0 Å². The number of benzene rings is 2. The minimum absolute atomic E-state index is 0.390. The fraction of sp³-hybridized carbons (Fsp3) is 0.174. The smallest absolute Gasteiger partial charge is 0.257 e. The van der Waals surface area contributed by atoms with E-state index in [1.165, 1.54) is 0 Å². The Labute approximate surface area is 172 Å². The van der Waals surface area contributed by atoms with Gasteiger partial charge in [0.15, 0.2) is 11.5 Å². The standard InChI is InChI=1S/C23H19N3O4/c1-27-17-10-14-19-13(9-12-7-5-6-8-16(12)24-19)20-15(21(14)26-23(17)30-4)11-18(28-2)22(25-20)29-3/h5-11H,1-4H3. The molecule has 0 aliphatic rings. The molecule has 3 aromatic heterocycles. The van der Waals surface area contributed by atoms with Crippen molar-refractivity contribution in [2.45, 2.75) is 0 Å². The molecule has 7 nitrogen and oxygen atoms in total. The first kappa shape index (κ1) is 18.2. The Morgan fingerprint density at radius 2 is 1.07 bits per heavy atom. The third-order valence-electron chi connectivity index (χ3n) is 5.23. The Balaban J connectivity index is 2.07. The van der Waals surface area contributed by atoms with Crippen LogP contribution in [0.3, 0.4) is 0 Å². The van der Waals surface area contributed by atoms with E-state index in [2.05, 4.69) is 6.07 Å². The third kappa shape index (κ3) is 2.55. The summed E-state index contributed by atoms with van der Waals surface area (Å²) in [6.07, 6.45) is 0. The molecule has 5 aromatic rings. The van der Waals surface area contributed by atoms with Crippen molar-refractivity contribution in [3.05, 3.63) is 42.5 Å². The number of rotatable bonds is 4. The summed E-state index contributed by atoms with van der Waals surface area (Å²) in [6.45, 7) is 0. The molecule has 0 radical (unpaired) electrons. The van der Waals surface area contributed by atoms with E-state index in [0.717, 1.165) is 38.1 Å². The number of hydrogen-bond acceptors (Lipinski definition) is 7. The zero-order chi connectivity index (χ0) is 20.8. The minimum atomic E-state index is 0.390. The van der Waals surface area contributed by atoms with Gasteiger partial charge in [0, 0.05) is 21.5 Å². The van der Waals surface area contributed by atoms with Crippen LogP contribution in [0.2, 0.25) is 0 Å². The number of para-hydroxylation sites is 1. The maximum absolute atomic E-state index is 5.50. The molecule has 0 unspecified atom stereocenters. The highest BCUT2D eigenvalue weighted by Gasteiger charge is 2.19. The summed E-state index contributed by atoms with van der Waals surface area (Å²) in [5.41, 5.74) is 3.10. The second-order valence-electron chi connectivity index (χ2n) is 6.77. The molecule has 150 valence electrons. The first-order valence-corrected chi connectivity index (χ1v) is 9.35. The average Bonchev–Trinajstić information content (AvgIpc) is 2.81. The molecule has 0 N–H and O–H groups in total. The lowest BCUT2D eigenvalue weighted by atomic mass is 10.0. The Hall–Kier alpha value is -3.87. The third-order valence-corrected chi connectivity index (χ3v) is 5.23. The average molecular weight is 401 g/mol. The topological polar surface area (TPSA) is 75.6 Å². The zero-order valence-electron chi connectivity index (χ0n) is 17.0. The minimum Gasteiger partial charge on any atom is -0.491 e. The quantitative estimate of drug-likeness (QED) is 0.324. The fourth-order valence-corrected chi connectivity index (χ4v) is 3.81. The van der Waals surface area contributed by atoms with E-state index in [1.807, 2.05) is 36.4 Å². The van der Waals surface area contributed by atoms with Crippen LogP contribution in [-0.4, -0.2) is 43.4 Å². The molecule has 3 heterocycles. The molecule has 0 saturated heterocycles. The first-order valence-electron chi connectivity index (χ1n) is 9.35. The second-order valence-corrected chi connectivity index (χ2v) is 6.77. The summed E-state index contributed by atoms with van der Waals surface area (Å²) in [5.74, 6) is 1.85. The van der Waals surface area contributed by atoms with Crippen LogP contribution < -0.4 is 18.9 Å². The summed E-state index contributed by atoms with van der Waals surface area (Å²) in [6, 6.07) is 13.9. The van der Waals surface area contributed by atoms with Crippen molar-refractivity contribution < 1.29 is 18.9 Å². The number of ether oxygens (including phenoxy) is 4. The van der Waals surface area contributed by atoms with Crippen molar-refractivity contribution >= 4 is 43.6 Å². The highest BCUT2D eigenvalue weighted by Crippen LogP contribution is 2.41. The van der Waals surface area contributed by atoms with Gasteiger partial charge in [-0.3, -0.25) is 0 Å². The van der Waals surface area contributed by atoms with Crippen LogP contribution in [-0.2, 0) is 0 Å². The molecule has 0 fully saturated rings. The number of aromatic nitrogens is 3. The Morgan fingerprint density at radius 1 is 0.567 bits per heavy atom. The molecule has 0 aliphatic carbocycles. The fourth-order valence-electron chi connectivity index (χ4n) is 3.81. The lowest BCUT2D eigenvalue weighted by Crippen LogP contribution is -1.99. The van der Waals surface area contributed by atoms with Crippen molar-refractivity contribution in [3.63, 3.8) is 0 Å². The van der Waals surface area contributed by atoms with E-state index in [0.29, 0.717) is 28.8 Å². The van der Waals surface area contributed by atoms with Crippen LogP contribution in [0, 0.1) is 0 Å². The predicted octanol–water partition coefficient (Wildman–Crippen LogP) is 4.52. The molecule has 0 saturated carbocycles. The van der Waals surface area contributed by atoms with Gasteiger partial charge < -0.3 is 18.9 Å². The highest BCUT2D eigenvalue weighted by molar-refractivity contribution is 6.23. The highest BCUT2D eigenvalue weighted by atomic mass is 16.5. The zero-order valence-corrected chi connectivity index (χ0v) is 17.0. The molecular weight excluding hydrogens is 382 g/mol. The summed E-state index contributed by atoms with van der Waals surface area (Å²) < 4.78 is 21.9. The van der Waals surface area contributed by atoms with Crippen LogP contribution in [0.5, 0.6) is 23.3 Å². The lowest BCUT2D eigenvalue weighted by molar-refractivity contribution is 0.344. The van der Waals surface area contributed by atoms with Crippen LogP contribution >= 0.6 is 0 Å². The van der Waals surface area contributed by atoms with Gasteiger partial charge in [0.1, 0.15) is 0 Å².